The van der Waals surface area contributed by atoms with Gasteiger partial charge in [0.1, 0.15) is 40.7 Å². The Morgan fingerprint density at radius 1 is 1.29 bits per heavy atom. The van der Waals surface area contributed by atoms with E-state index in [1.807, 2.05) is 6.92 Å². The summed E-state index contributed by atoms with van der Waals surface area (Å²) in [6.45, 7) is 8.52. The topological polar surface area (TPSA) is 167 Å². The number of ether oxygens (including phenoxy) is 4. The summed E-state index contributed by atoms with van der Waals surface area (Å²) < 4.78 is 23.2. The summed E-state index contributed by atoms with van der Waals surface area (Å²) in [7, 11) is 4.53. The molecule has 4 bridgehead atoms. The van der Waals surface area contributed by atoms with Crippen LogP contribution in [0.2, 0.25) is 5.02 Å². The van der Waals surface area contributed by atoms with E-state index in [0.29, 0.717) is 17.9 Å². The molecule has 0 spiro atoms. The van der Waals surface area contributed by atoms with Gasteiger partial charge >= 0.3 is 12.1 Å². The molecule has 3 aliphatic rings. The fraction of sp³-hybridized carbons (Fsp3) is 0.588. The minimum absolute atomic E-state index is 0.179. The Bertz CT molecular complexity index is 1500. The van der Waals surface area contributed by atoms with Gasteiger partial charge in [0.2, 0.25) is 11.8 Å². The van der Waals surface area contributed by atoms with Crippen LogP contribution in [0.25, 0.3) is 0 Å². The molecule has 13 nitrogen and oxygen atoms in total. The molecule has 1 aromatic carbocycles. The molecular formula is C34H46ClN3O10. The number of nitrogens with one attached hydrogen (secondary N) is 1. The minimum atomic E-state index is -2.05. The maximum Gasteiger partial charge on any atom is 0.409 e. The van der Waals surface area contributed by atoms with Crippen LogP contribution in [0.5, 0.6) is 5.75 Å². The number of epoxide rings is 1. The lowest BCUT2D eigenvalue weighted by Crippen LogP contribution is -2.63. The number of likely N-dealkylation sites (N-methyl/N-ethyl adjacent to an activating group) is 1. The van der Waals surface area contributed by atoms with Crippen LogP contribution in [0, 0.1) is 5.92 Å². The number of aliphatic hydroxyl groups excluding tert-OH is 1. The second kappa shape index (κ2) is 14.5. The number of methoxy groups -OCH3 is 1. The highest BCUT2D eigenvalue weighted by Crippen LogP contribution is 2.49. The van der Waals surface area contributed by atoms with Crippen molar-refractivity contribution in [3.63, 3.8) is 0 Å². The number of halogens is 1. The van der Waals surface area contributed by atoms with Crippen LogP contribution < -0.4 is 15.0 Å². The van der Waals surface area contributed by atoms with Crippen LogP contribution in [0.1, 0.15) is 59.4 Å². The number of aliphatic hydroxyl groups is 2. The molecular weight excluding hydrogens is 646 g/mol. The zero-order chi connectivity index (χ0) is 35.7. The molecule has 3 aliphatic heterocycles. The van der Waals surface area contributed by atoms with Gasteiger partial charge in [-0.05, 0) is 44.9 Å². The number of esters is 1. The molecule has 14 heteroatoms. The first-order chi connectivity index (χ1) is 22.4. The van der Waals surface area contributed by atoms with Crippen LogP contribution >= 0.6 is 11.6 Å². The minimum Gasteiger partial charge on any atom is -0.495 e. The smallest absolute Gasteiger partial charge is 0.409 e. The average molecular weight is 692 g/mol. The highest BCUT2D eigenvalue weighted by atomic mass is 35.5. The Labute approximate surface area is 285 Å². The molecule has 0 radical (unpaired) electrons. The van der Waals surface area contributed by atoms with E-state index in [1.165, 1.54) is 37.0 Å². The number of hydrogen-bond donors (Lipinski definition) is 3. The summed E-state index contributed by atoms with van der Waals surface area (Å²) in [5.74, 6) is -1.66. The number of carbonyl (C=O) groups excluding carboxylic acids is 4. The van der Waals surface area contributed by atoms with E-state index in [1.54, 1.807) is 52.1 Å². The molecule has 3 heterocycles. The van der Waals surface area contributed by atoms with Gasteiger partial charge in [-0.3, -0.25) is 14.9 Å². The predicted molar refractivity (Wildman–Crippen MR) is 176 cm³/mol. The summed E-state index contributed by atoms with van der Waals surface area (Å²) in [6.07, 6.45) is -0.311. The van der Waals surface area contributed by atoms with Crippen molar-refractivity contribution >= 4 is 41.2 Å². The average Bonchev–Trinajstić information content (AvgIpc) is 3.74. The van der Waals surface area contributed by atoms with Gasteiger partial charge in [-0.15, -0.1) is 0 Å². The van der Waals surface area contributed by atoms with Crippen LogP contribution in [-0.2, 0) is 35.0 Å². The fourth-order valence-corrected chi connectivity index (χ4v) is 6.52. The van der Waals surface area contributed by atoms with Gasteiger partial charge in [0, 0.05) is 32.9 Å². The van der Waals surface area contributed by atoms with Gasteiger partial charge in [0.25, 0.3) is 0 Å². The van der Waals surface area contributed by atoms with Gasteiger partial charge in [0.05, 0.1) is 25.3 Å². The Morgan fingerprint density at radius 3 is 2.62 bits per heavy atom. The predicted octanol–water partition coefficient (Wildman–Crippen LogP) is 3.27. The van der Waals surface area contributed by atoms with Crippen molar-refractivity contribution in [2.45, 2.75) is 102 Å². The van der Waals surface area contributed by atoms with Crippen LogP contribution in [0.4, 0.5) is 10.5 Å². The van der Waals surface area contributed by atoms with Crippen molar-refractivity contribution in [1.29, 1.82) is 0 Å². The number of hydrogen-bond acceptors (Lipinski definition) is 10. The van der Waals surface area contributed by atoms with Crippen molar-refractivity contribution in [3.05, 3.63) is 46.5 Å². The van der Waals surface area contributed by atoms with Gasteiger partial charge in [-0.2, -0.15) is 0 Å². The second-order valence-corrected chi connectivity index (χ2v) is 13.4. The lowest BCUT2D eigenvalue weighted by molar-refractivity contribution is -0.162. The Hall–Kier alpha value is -3.65. The van der Waals surface area contributed by atoms with E-state index in [9.17, 15) is 29.4 Å². The molecule has 264 valence electrons. The first-order valence-electron chi connectivity index (χ1n) is 16.0. The molecule has 0 aliphatic carbocycles. The van der Waals surface area contributed by atoms with E-state index in [-0.39, 0.29) is 30.2 Å². The quantitative estimate of drug-likeness (QED) is 0.308. The second-order valence-electron chi connectivity index (χ2n) is 13.0. The van der Waals surface area contributed by atoms with Crippen LogP contribution in [-0.4, -0.2) is 102 Å². The number of amides is 3. The summed E-state index contributed by atoms with van der Waals surface area (Å²) in [5, 5.41) is 24.9. The maximum atomic E-state index is 14.0. The summed E-state index contributed by atoms with van der Waals surface area (Å²) in [5.41, 5.74) is -1.25. The monoisotopic (exact) mass is 691 g/mol. The van der Waals surface area contributed by atoms with E-state index in [4.69, 9.17) is 30.5 Å². The molecule has 8 atom stereocenters. The number of alkyl carbamates (subject to hydrolysis) is 1. The Balaban J connectivity index is 1.77. The molecule has 4 rings (SSSR count). The van der Waals surface area contributed by atoms with Crippen molar-refractivity contribution in [2.24, 2.45) is 5.92 Å². The number of carbonyl (C=O) groups is 4. The number of allylic oxidation sites excluding steroid dienone is 3. The van der Waals surface area contributed by atoms with E-state index in [2.05, 4.69) is 5.32 Å². The number of fused-ring (bicyclic) bond motifs is 5. The SMILES string of the molecule is CCC(=O)N(C)[C@@H](C)C(=O)O[C@H]1CC(=O)N(C)c2cc(cc(OC)c2Cl)C/C(C)=C/C=C/[C@@H](O)[C@@]2(O)CC(OC(=O)N2)C(C)C2OC21C. The van der Waals surface area contributed by atoms with Gasteiger partial charge in [0.15, 0.2) is 5.72 Å². The molecule has 1 aromatic rings. The summed E-state index contributed by atoms with van der Waals surface area (Å²) in [6, 6.07) is 2.57. The summed E-state index contributed by atoms with van der Waals surface area (Å²) in [4.78, 5) is 55.0. The van der Waals surface area contributed by atoms with Gasteiger partial charge < -0.3 is 39.0 Å². The van der Waals surface area contributed by atoms with Gasteiger partial charge in [-0.25, -0.2) is 9.59 Å². The normalized spacial score (nSPS) is 33.2. The maximum absolute atomic E-state index is 14.0. The Kier molecular flexibility index (Phi) is 11.2. The number of anilines is 1. The zero-order valence-corrected chi connectivity index (χ0v) is 29.4. The largest absolute Gasteiger partial charge is 0.495 e. The molecule has 0 aromatic heterocycles. The summed E-state index contributed by atoms with van der Waals surface area (Å²) >= 11 is 6.69. The van der Waals surface area contributed by atoms with Crippen molar-refractivity contribution < 1.29 is 48.3 Å². The number of nitrogens with zero attached hydrogens (tertiary/aromatic N) is 2. The standard InChI is InChI=1S/C34H46ClN3O10/c1-9-27(40)37(6)20(4)31(42)47-26-16-28(41)38(7)22-14-21(15-23(45-8)29(22)35)13-18(2)11-10-12-25(39)34(44)17-24(46-32(43)36-34)19(3)30-33(26,5)48-30/h10-12,14-15,19-20,24-26,30,39,44H,9,13,16-17H2,1-8H3,(H,36,43)/b12-10+,18-11+/t19?,20-,24?,25+,26-,30?,33?,34-/m0/s1. The third-order valence-electron chi connectivity index (χ3n) is 9.60. The highest BCUT2D eigenvalue weighted by molar-refractivity contribution is 6.35. The molecule has 4 unspecified atom stereocenters. The fourth-order valence-electron chi connectivity index (χ4n) is 6.21. The molecule has 2 saturated heterocycles. The van der Waals surface area contributed by atoms with Gasteiger partial charge in [-0.1, -0.05) is 49.2 Å². The van der Waals surface area contributed by atoms with Crippen LogP contribution in [0.15, 0.2) is 35.9 Å². The highest BCUT2D eigenvalue weighted by Gasteiger charge is 2.64. The third kappa shape index (κ3) is 7.64. The van der Waals surface area contributed by atoms with Crippen molar-refractivity contribution in [2.75, 3.05) is 26.1 Å². The molecule has 3 N–H and O–H groups in total. The molecule has 2 fully saturated rings. The number of benzene rings is 1. The lowest BCUT2D eigenvalue weighted by Gasteiger charge is -2.41. The molecule has 3 amide bonds. The van der Waals surface area contributed by atoms with E-state index < -0.39 is 65.7 Å². The van der Waals surface area contributed by atoms with E-state index in [0.717, 1.165) is 11.1 Å². The van der Waals surface area contributed by atoms with Crippen molar-refractivity contribution in [1.82, 2.24) is 10.2 Å². The van der Waals surface area contributed by atoms with E-state index >= 15 is 0 Å². The zero-order valence-electron chi connectivity index (χ0n) is 28.6. The molecule has 48 heavy (non-hydrogen) atoms. The van der Waals surface area contributed by atoms with Crippen LogP contribution in [0.3, 0.4) is 0 Å². The third-order valence-corrected chi connectivity index (χ3v) is 9.98. The first-order valence-corrected chi connectivity index (χ1v) is 16.3. The molecule has 0 saturated carbocycles. The first kappa shape index (κ1) is 37.2. The number of rotatable bonds is 5. The van der Waals surface area contributed by atoms with Crippen molar-refractivity contribution in [3.8, 4) is 5.75 Å². The lowest BCUT2D eigenvalue weighted by atomic mass is 9.83. The Morgan fingerprint density at radius 2 is 1.98 bits per heavy atom.